The van der Waals surface area contributed by atoms with Gasteiger partial charge in [-0.1, -0.05) is 6.07 Å². The second-order valence-electron chi connectivity index (χ2n) is 4.84. The Kier molecular flexibility index (Phi) is 3.56. The van der Waals surface area contributed by atoms with Crippen LogP contribution in [0.2, 0.25) is 0 Å². The number of fused-ring (bicyclic) bond motifs is 1. The van der Waals surface area contributed by atoms with E-state index in [9.17, 15) is 10.0 Å². The summed E-state index contributed by atoms with van der Waals surface area (Å²) in [7, 11) is -1.48. The van der Waals surface area contributed by atoms with Crippen LogP contribution < -0.4 is 10.4 Å². The van der Waals surface area contributed by atoms with Crippen molar-refractivity contribution in [2.24, 2.45) is 0 Å². The Balaban J connectivity index is 2.11. The normalized spacial score (nSPS) is 15.7. The third-order valence-corrected chi connectivity index (χ3v) is 3.42. The van der Waals surface area contributed by atoms with E-state index in [0.29, 0.717) is 24.5 Å². The third-order valence-electron chi connectivity index (χ3n) is 3.42. The zero-order chi connectivity index (χ0) is 14.1. The van der Waals surface area contributed by atoms with E-state index >= 15 is 0 Å². The Labute approximate surface area is 117 Å². The van der Waals surface area contributed by atoms with E-state index < -0.39 is 7.12 Å². The molecule has 7 heteroatoms. The molecule has 1 aromatic heterocycles. The molecule has 1 aliphatic heterocycles. The molecule has 1 saturated heterocycles. The molecule has 0 radical (unpaired) electrons. The van der Waals surface area contributed by atoms with Crippen molar-refractivity contribution in [3.63, 3.8) is 0 Å². The average Bonchev–Trinajstić information content (AvgIpc) is 2.46. The van der Waals surface area contributed by atoms with E-state index in [-0.39, 0.29) is 0 Å². The molecular formula is C13H16BN3O3. The second kappa shape index (κ2) is 5.36. The molecule has 0 saturated carbocycles. The van der Waals surface area contributed by atoms with Gasteiger partial charge in [-0.25, -0.2) is 9.97 Å². The Morgan fingerprint density at radius 2 is 1.95 bits per heavy atom. The van der Waals surface area contributed by atoms with E-state index in [4.69, 9.17) is 4.74 Å². The molecular weight excluding hydrogens is 257 g/mol. The van der Waals surface area contributed by atoms with Gasteiger partial charge in [-0.3, -0.25) is 0 Å². The van der Waals surface area contributed by atoms with Gasteiger partial charge >= 0.3 is 7.12 Å². The molecule has 0 spiro atoms. The molecule has 2 aromatic rings. The van der Waals surface area contributed by atoms with Crippen molar-refractivity contribution in [3.8, 4) is 0 Å². The van der Waals surface area contributed by atoms with Crippen molar-refractivity contribution >= 4 is 29.3 Å². The fourth-order valence-corrected chi connectivity index (χ4v) is 2.42. The number of morpholine rings is 1. The molecule has 2 N–H and O–H groups in total. The van der Waals surface area contributed by atoms with E-state index in [0.717, 1.165) is 29.8 Å². The predicted octanol–water partition coefficient (Wildman–Crippen LogP) is -0.545. The van der Waals surface area contributed by atoms with Gasteiger partial charge in [0, 0.05) is 18.5 Å². The lowest BCUT2D eigenvalue weighted by Crippen LogP contribution is -2.37. The lowest BCUT2D eigenvalue weighted by atomic mass is 9.80. The average molecular weight is 273 g/mol. The largest absolute Gasteiger partial charge is 0.488 e. The van der Waals surface area contributed by atoms with E-state index in [1.165, 1.54) is 0 Å². The van der Waals surface area contributed by atoms with Gasteiger partial charge in [0.2, 0.25) is 0 Å². The summed E-state index contributed by atoms with van der Waals surface area (Å²) >= 11 is 0. The van der Waals surface area contributed by atoms with Crippen molar-refractivity contribution < 1.29 is 14.8 Å². The highest BCUT2D eigenvalue weighted by Crippen LogP contribution is 2.23. The van der Waals surface area contributed by atoms with Gasteiger partial charge in [0.1, 0.15) is 11.6 Å². The zero-order valence-electron chi connectivity index (χ0n) is 11.3. The van der Waals surface area contributed by atoms with Crippen molar-refractivity contribution in [1.29, 1.82) is 0 Å². The maximum Gasteiger partial charge on any atom is 0.488 e. The molecule has 6 nitrogen and oxygen atoms in total. The van der Waals surface area contributed by atoms with Gasteiger partial charge in [-0.05, 0) is 24.5 Å². The molecule has 104 valence electrons. The smallest absolute Gasteiger partial charge is 0.423 e. The number of rotatable bonds is 2. The highest BCUT2D eigenvalue weighted by molar-refractivity contribution is 6.58. The van der Waals surface area contributed by atoms with Crippen molar-refractivity contribution in [1.82, 2.24) is 9.97 Å². The number of hydrogen-bond donors (Lipinski definition) is 2. The van der Waals surface area contributed by atoms with E-state index in [1.54, 1.807) is 12.1 Å². The Morgan fingerprint density at radius 1 is 1.20 bits per heavy atom. The Bertz CT molecular complexity index is 630. The first-order valence-corrected chi connectivity index (χ1v) is 6.62. The van der Waals surface area contributed by atoms with Crippen LogP contribution in [0.1, 0.15) is 5.82 Å². The van der Waals surface area contributed by atoms with Crippen LogP contribution in [0.4, 0.5) is 5.82 Å². The van der Waals surface area contributed by atoms with Gasteiger partial charge in [-0.2, -0.15) is 0 Å². The van der Waals surface area contributed by atoms with Crippen LogP contribution in [0.25, 0.3) is 10.9 Å². The summed E-state index contributed by atoms with van der Waals surface area (Å²) in [5, 5.41) is 19.4. The lowest BCUT2D eigenvalue weighted by Gasteiger charge is -2.28. The molecule has 0 aliphatic carbocycles. The summed E-state index contributed by atoms with van der Waals surface area (Å²) in [6, 6.07) is 5.22. The number of ether oxygens (including phenoxy) is 1. The van der Waals surface area contributed by atoms with Gasteiger partial charge in [0.25, 0.3) is 0 Å². The Morgan fingerprint density at radius 3 is 2.65 bits per heavy atom. The third kappa shape index (κ3) is 2.47. The van der Waals surface area contributed by atoms with Crippen LogP contribution in [-0.4, -0.2) is 53.4 Å². The fraction of sp³-hybridized carbons (Fsp3) is 0.385. The Hall–Kier alpha value is -1.70. The minimum atomic E-state index is -1.48. The van der Waals surface area contributed by atoms with Gasteiger partial charge in [0.15, 0.2) is 0 Å². The van der Waals surface area contributed by atoms with Crippen LogP contribution in [0.5, 0.6) is 0 Å². The quantitative estimate of drug-likeness (QED) is 0.715. The SMILES string of the molecule is Cc1nc(N2CCOCC2)c2ccc(B(O)O)cc2n1. The number of hydrogen-bond acceptors (Lipinski definition) is 6. The predicted molar refractivity (Wildman–Crippen MR) is 77.1 cm³/mol. The highest BCUT2D eigenvalue weighted by Gasteiger charge is 2.18. The van der Waals surface area contributed by atoms with E-state index in [1.807, 2.05) is 13.0 Å². The van der Waals surface area contributed by atoms with Gasteiger partial charge < -0.3 is 19.7 Å². The molecule has 0 bridgehead atoms. The van der Waals surface area contributed by atoms with Crippen molar-refractivity contribution in [2.75, 3.05) is 31.2 Å². The van der Waals surface area contributed by atoms with Gasteiger partial charge in [0.05, 0.1) is 18.7 Å². The van der Waals surface area contributed by atoms with Gasteiger partial charge in [-0.15, -0.1) is 0 Å². The zero-order valence-corrected chi connectivity index (χ0v) is 11.3. The maximum atomic E-state index is 9.26. The molecule has 1 aromatic carbocycles. The minimum Gasteiger partial charge on any atom is -0.423 e. The summed E-state index contributed by atoms with van der Waals surface area (Å²) in [5.74, 6) is 1.55. The van der Waals surface area contributed by atoms with E-state index in [2.05, 4.69) is 14.9 Å². The van der Waals surface area contributed by atoms with Crippen LogP contribution in [0.3, 0.4) is 0 Å². The monoisotopic (exact) mass is 273 g/mol. The molecule has 20 heavy (non-hydrogen) atoms. The maximum absolute atomic E-state index is 9.26. The fourth-order valence-electron chi connectivity index (χ4n) is 2.42. The van der Waals surface area contributed by atoms with Crippen LogP contribution >= 0.6 is 0 Å². The van der Waals surface area contributed by atoms with Crippen molar-refractivity contribution in [3.05, 3.63) is 24.0 Å². The number of anilines is 1. The lowest BCUT2D eigenvalue weighted by molar-refractivity contribution is 0.122. The van der Waals surface area contributed by atoms with Crippen LogP contribution in [0, 0.1) is 6.92 Å². The first-order chi connectivity index (χ1) is 9.65. The molecule has 1 fully saturated rings. The summed E-state index contributed by atoms with van der Waals surface area (Å²) in [6.45, 7) is 4.83. The number of benzene rings is 1. The summed E-state index contributed by atoms with van der Waals surface area (Å²) in [5.41, 5.74) is 1.16. The van der Waals surface area contributed by atoms with Crippen LogP contribution in [0.15, 0.2) is 18.2 Å². The van der Waals surface area contributed by atoms with Crippen LogP contribution in [-0.2, 0) is 4.74 Å². The summed E-state index contributed by atoms with van der Waals surface area (Å²) in [4.78, 5) is 11.1. The number of aryl methyl sites for hydroxylation is 1. The standard InChI is InChI=1S/C13H16BN3O3/c1-9-15-12-8-10(14(18)19)2-3-11(12)13(16-9)17-4-6-20-7-5-17/h2-3,8,18-19H,4-7H2,1H3. The molecule has 0 atom stereocenters. The minimum absolute atomic E-state index is 0.434. The second-order valence-corrected chi connectivity index (χ2v) is 4.84. The molecule has 0 unspecified atom stereocenters. The number of nitrogens with zero attached hydrogens (tertiary/aromatic N) is 3. The first kappa shape index (κ1) is 13.3. The molecule has 1 aliphatic rings. The molecule has 3 rings (SSSR count). The highest BCUT2D eigenvalue weighted by atomic mass is 16.5. The molecule has 0 amide bonds. The number of aromatic nitrogens is 2. The summed E-state index contributed by atoms with van der Waals surface area (Å²) in [6.07, 6.45) is 0. The summed E-state index contributed by atoms with van der Waals surface area (Å²) < 4.78 is 5.36. The molecule has 2 heterocycles. The first-order valence-electron chi connectivity index (χ1n) is 6.62. The topological polar surface area (TPSA) is 78.7 Å². The van der Waals surface area contributed by atoms with Crippen molar-refractivity contribution in [2.45, 2.75) is 6.92 Å².